The fourth-order valence-electron chi connectivity index (χ4n) is 3.56. The number of nitrogens with one attached hydrogen (secondary N) is 2. The quantitative estimate of drug-likeness (QED) is 0.200. The van der Waals surface area contributed by atoms with Crippen molar-refractivity contribution in [3.63, 3.8) is 0 Å². The van der Waals surface area contributed by atoms with Crippen LogP contribution in [0.25, 0.3) is 21.5 Å². The number of anilines is 2. The zero-order valence-electron chi connectivity index (χ0n) is 18.9. The summed E-state index contributed by atoms with van der Waals surface area (Å²) in [6, 6.07) is 22.1. The molecule has 0 saturated heterocycles. The Balaban J connectivity index is 1.28. The predicted octanol–water partition coefficient (Wildman–Crippen LogP) is 6.01. The van der Waals surface area contributed by atoms with Gasteiger partial charge in [0, 0.05) is 17.3 Å². The number of nitrogens with zero attached hydrogens (tertiary/aromatic N) is 2. The highest BCUT2D eigenvalue weighted by molar-refractivity contribution is 7.80. The van der Waals surface area contributed by atoms with Crippen LogP contribution in [0.2, 0.25) is 0 Å². The molecule has 0 aliphatic heterocycles. The first-order valence-corrected chi connectivity index (χ1v) is 12.1. The normalized spacial score (nSPS) is 11.7. The van der Waals surface area contributed by atoms with E-state index in [1.807, 2.05) is 54.6 Å². The maximum atomic E-state index is 13.4. The maximum absolute atomic E-state index is 13.4. The summed E-state index contributed by atoms with van der Waals surface area (Å²) in [4.78, 5) is 17.0. The average molecular weight is 519 g/mol. The molecule has 36 heavy (non-hydrogen) atoms. The van der Waals surface area contributed by atoms with Gasteiger partial charge in [0.05, 0.1) is 17.3 Å². The first-order valence-electron chi connectivity index (χ1n) is 10.8. The summed E-state index contributed by atoms with van der Waals surface area (Å²) >= 11 is 6.84. The number of hydrogen-bond donors (Lipinski definition) is 2. The summed E-state index contributed by atoms with van der Waals surface area (Å²) in [7, 11) is 1.32. The molecule has 2 aromatic heterocycles. The lowest BCUT2D eigenvalue weighted by Crippen LogP contribution is -2.33. The maximum Gasteiger partial charge on any atom is 0.333 e. The standard InChI is InChI=1S/C26H19FN4O3S2/c1-33-25(32)23(16-5-3-2-4-6-16)30-24(35)21-14-20(31-34-21)15-7-10-18(11-8-15)28-26-29-19-12-9-17(27)13-22(19)36-26/h2-14,23H,1H3,(H,28,29)(H,30,35). The van der Waals surface area contributed by atoms with Gasteiger partial charge in [0.25, 0.3) is 0 Å². The number of carbonyl (C=O) groups excluding carboxylic acids is 1. The van der Waals surface area contributed by atoms with Gasteiger partial charge in [-0.3, -0.25) is 0 Å². The number of methoxy groups -OCH3 is 1. The van der Waals surface area contributed by atoms with Gasteiger partial charge in [-0.1, -0.05) is 71.2 Å². The van der Waals surface area contributed by atoms with Gasteiger partial charge >= 0.3 is 5.97 Å². The molecule has 5 aromatic rings. The first kappa shape index (κ1) is 23.6. The number of aromatic nitrogens is 2. The summed E-state index contributed by atoms with van der Waals surface area (Å²) < 4.78 is 24.6. The number of thiocarbonyl (C=S) groups is 1. The minimum absolute atomic E-state index is 0.235. The highest BCUT2D eigenvalue weighted by atomic mass is 32.1. The van der Waals surface area contributed by atoms with E-state index in [9.17, 15) is 9.18 Å². The molecule has 0 aliphatic rings. The highest BCUT2D eigenvalue weighted by Gasteiger charge is 2.24. The SMILES string of the molecule is COC(=O)C(NC(=S)c1cc(-c2ccc(Nc3nc4ccc(F)cc4s3)cc2)no1)c1ccccc1. The minimum atomic E-state index is -0.776. The number of fused-ring (bicyclic) bond motifs is 1. The Hall–Kier alpha value is -4.15. The molecule has 0 bridgehead atoms. The van der Waals surface area contributed by atoms with Crippen LogP contribution < -0.4 is 10.6 Å². The third-order valence-corrected chi connectivity index (χ3v) is 6.61. The van der Waals surface area contributed by atoms with Crippen LogP contribution in [0, 0.1) is 5.82 Å². The summed E-state index contributed by atoms with van der Waals surface area (Å²) in [6.45, 7) is 0. The Labute approximate surface area is 214 Å². The molecular weight excluding hydrogens is 499 g/mol. The van der Waals surface area contributed by atoms with Gasteiger partial charge in [0.1, 0.15) is 16.5 Å². The predicted molar refractivity (Wildman–Crippen MR) is 141 cm³/mol. The van der Waals surface area contributed by atoms with E-state index in [1.54, 1.807) is 12.1 Å². The van der Waals surface area contributed by atoms with Gasteiger partial charge in [-0.15, -0.1) is 0 Å². The van der Waals surface area contributed by atoms with Crippen LogP contribution >= 0.6 is 23.6 Å². The zero-order valence-corrected chi connectivity index (χ0v) is 20.5. The molecule has 7 nitrogen and oxygen atoms in total. The van der Waals surface area contributed by atoms with Gasteiger partial charge < -0.3 is 19.9 Å². The number of esters is 1. The van der Waals surface area contributed by atoms with Gasteiger partial charge in [-0.25, -0.2) is 14.2 Å². The molecular formula is C26H19FN4O3S2. The van der Waals surface area contributed by atoms with Crippen molar-refractivity contribution >= 4 is 55.5 Å². The van der Waals surface area contributed by atoms with Crippen LogP contribution in [-0.2, 0) is 9.53 Å². The second-order valence-corrected chi connectivity index (χ2v) is 9.19. The first-order chi connectivity index (χ1) is 17.5. The Morgan fingerprint density at radius 2 is 1.86 bits per heavy atom. The van der Waals surface area contributed by atoms with E-state index in [1.165, 1.54) is 30.6 Å². The van der Waals surface area contributed by atoms with Crippen LogP contribution in [0.3, 0.4) is 0 Å². The Kier molecular flexibility index (Phi) is 6.70. The Morgan fingerprint density at radius 1 is 1.08 bits per heavy atom. The van der Waals surface area contributed by atoms with Crippen molar-refractivity contribution in [2.45, 2.75) is 6.04 Å². The van der Waals surface area contributed by atoms with Crippen LogP contribution in [-0.4, -0.2) is 28.2 Å². The Morgan fingerprint density at radius 3 is 2.61 bits per heavy atom. The minimum Gasteiger partial charge on any atom is -0.467 e. The van der Waals surface area contributed by atoms with Crippen molar-refractivity contribution < 1.29 is 18.4 Å². The molecule has 10 heteroatoms. The molecule has 0 radical (unpaired) electrons. The van der Waals surface area contributed by atoms with Crippen molar-refractivity contribution in [3.8, 4) is 11.3 Å². The van der Waals surface area contributed by atoms with Gasteiger partial charge in [0.15, 0.2) is 16.9 Å². The van der Waals surface area contributed by atoms with Crippen LogP contribution in [0.5, 0.6) is 0 Å². The van der Waals surface area contributed by atoms with E-state index in [0.717, 1.165) is 21.5 Å². The second-order valence-electron chi connectivity index (χ2n) is 7.75. The number of carbonyl (C=O) groups is 1. The topological polar surface area (TPSA) is 89.3 Å². The van der Waals surface area contributed by atoms with Crippen LogP contribution in [0.1, 0.15) is 17.4 Å². The molecule has 2 heterocycles. The summed E-state index contributed by atoms with van der Waals surface area (Å²) in [5.74, 6) is -0.428. The summed E-state index contributed by atoms with van der Waals surface area (Å²) in [5, 5.41) is 11.0. The van der Waals surface area contributed by atoms with E-state index >= 15 is 0 Å². The van der Waals surface area contributed by atoms with E-state index in [2.05, 4.69) is 20.8 Å². The number of benzene rings is 3. The lowest BCUT2D eigenvalue weighted by Gasteiger charge is -2.17. The average Bonchev–Trinajstić information content (AvgIpc) is 3.55. The van der Waals surface area contributed by atoms with Gasteiger partial charge in [-0.2, -0.15) is 0 Å². The summed E-state index contributed by atoms with van der Waals surface area (Å²) in [5.41, 5.74) is 3.68. The van der Waals surface area contributed by atoms with Crippen molar-refractivity contribution in [1.29, 1.82) is 0 Å². The Bertz CT molecular complexity index is 1530. The summed E-state index contributed by atoms with van der Waals surface area (Å²) in [6.07, 6.45) is 0. The van der Waals surface area contributed by atoms with E-state index in [-0.39, 0.29) is 10.8 Å². The second kappa shape index (κ2) is 10.2. The molecule has 1 atom stereocenters. The van der Waals surface area contributed by atoms with E-state index < -0.39 is 12.0 Å². The fraction of sp³-hybridized carbons (Fsp3) is 0.0769. The lowest BCUT2D eigenvalue weighted by molar-refractivity contribution is -0.142. The monoisotopic (exact) mass is 518 g/mol. The van der Waals surface area contributed by atoms with Crippen molar-refractivity contribution in [1.82, 2.24) is 15.5 Å². The molecule has 0 fully saturated rings. The van der Waals surface area contributed by atoms with Gasteiger partial charge in [0.2, 0.25) is 0 Å². The van der Waals surface area contributed by atoms with Crippen molar-refractivity contribution in [2.24, 2.45) is 0 Å². The third-order valence-electron chi connectivity index (χ3n) is 5.36. The smallest absolute Gasteiger partial charge is 0.333 e. The molecule has 1 unspecified atom stereocenters. The molecule has 180 valence electrons. The van der Waals surface area contributed by atoms with Crippen molar-refractivity contribution in [2.75, 3.05) is 12.4 Å². The molecule has 0 saturated carbocycles. The number of thiazole rings is 1. The van der Waals surface area contributed by atoms with Crippen molar-refractivity contribution in [3.05, 3.63) is 96.0 Å². The highest BCUT2D eigenvalue weighted by Crippen LogP contribution is 2.30. The molecule has 2 N–H and O–H groups in total. The number of halogens is 1. The zero-order chi connectivity index (χ0) is 25.1. The number of ether oxygens (including phenoxy) is 1. The molecule has 0 spiro atoms. The largest absolute Gasteiger partial charge is 0.467 e. The van der Waals surface area contributed by atoms with E-state index in [4.69, 9.17) is 21.5 Å². The molecule has 5 rings (SSSR count). The van der Waals surface area contributed by atoms with Crippen LogP contribution in [0.4, 0.5) is 15.2 Å². The number of hydrogen-bond acceptors (Lipinski definition) is 8. The molecule has 0 aliphatic carbocycles. The van der Waals surface area contributed by atoms with E-state index in [0.29, 0.717) is 22.1 Å². The molecule has 3 aromatic carbocycles. The lowest BCUT2D eigenvalue weighted by atomic mass is 10.1. The third kappa shape index (κ3) is 5.09. The fourth-order valence-corrected chi connectivity index (χ4v) is 4.69. The van der Waals surface area contributed by atoms with Gasteiger partial charge in [-0.05, 0) is 35.9 Å². The molecule has 0 amide bonds. The van der Waals surface area contributed by atoms with Crippen LogP contribution in [0.15, 0.2) is 83.4 Å². The number of rotatable bonds is 7.